The summed E-state index contributed by atoms with van der Waals surface area (Å²) in [5.41, 5.74) is 0.184. The number of hydrogen-bond acceptors (Lipinski definition) is 6. The molecule has 1 amide bonds. The minimum absolute atomic E-state index is 0.0986. The van der Waals surface area contributed by atoms with E-state index in [1.807, 2.05) is 6.92 Å². The second kappa shape index (κ2) is 8.20. The molecular formula is C19H21N5O5S. The van der Waals surface area contributed by atoms with Crippen LogP contribution in [0.2, 0.25) is 0 Å². The number of fused-ring (bicyclic) bond motifs is 1. The van der Waals surface area contributed by atoms with E-state index in [-0.39, 0.29) is 23.2 Å². The average Bonchev–Trinajstić information content (AvgIpc) is 2.71. The summed E-state index contributed by atoms with van der Waals surface area (Å²) in [7, 11) is -1.14. The van der Waals surface area contributed by atoms with Crippen molar-refractivity contribution in [3.05, 3.63) is 62.9 Å². The first kappa shape index (κ1) is 21.4. The van der Waals surface area contributed by atoms with Crippen LogP contribution >= 0.6 is 0 Å². The number of amides is 1. The Morgan fingerprint density at radius 1 is 1.10 bits per heavy atom. The van der Waals surface area contributed by atoms with E-state index in [0.29, 0.717) is 11.3 Å². The maximum atomic E-state index is 12.6. The van der Waals surface area contributed by atoms with Gasteiger partial charge in [0.05, 0.1) is 15.8 Å². The van der Waals surface area contributed by atoms with Crippen molar-refractivity contribution in [2.24, 2.45) is 14.1 Å². The lowest BCUT2D eigenvalue weighted by Crippen LogP contribution is -2.37. The third-order valence-electron chi connectivity index (χ3n) is 4.57. The molecule has 3 aromatic rings. The van der Waals surface area contributed by atoms with Gasteiger partial charge in [-0.3, -0.25) is 18.7 Å². The summed E-state index contributed by atoms with van der Waals surface area (Å²) in [4.78, 5) is 40.2. The van der Waals surface area contributed by atoms with Gasteiger partial charge in [-0.2, -0.15) is 0 Å². The van der Waals surface area contributed by atoms with Crippen LogP contribution in [0, 0.1) is 6.92 Å². The zero-order chi connectivity index (χ0) is 22.1. The van der Waals surface area contributed by atoms with Gasteiger partial charge in [0.15, 0.2) is 0 Å². The molecule has 2 heterocycles. The van der Waals surface area contributed by atoms with Crippen LogP contribution in [0.4, 0.5) is 5.82 Å². The van der Waals surface area contributed by atoms with Crippen LogP contribution in [0.5, 0.6) is 0 Å². The van der Waals surface area contributed by atoms with E-state index >= 15 is 0 Å². The normalized spacial score (nSPS) is 11.6. The maximum absolute atomic E-state index is 12.6. The first-order chi connectivity index (χ1) is 14.1. The largest absolute Gasteiger partial charge is 0.330 e. The van der Waals surface area contributed by atoms with Crippen LogP contribution in [0.3, 0.4) is 0 Å². The van der Waals surface area contributed by atoms with Gasteiger partial charge in [0.1, 0.15) is 5.82 Å². The lowest BCUT2D eigenvalue weighted by molar-refractivity contribution is -0.116. The molecule has 0 aliphatic carbocycles. The number of carbonyl (C=O) groups is 1. The minimum Gasteiger partial charge on any atom is -0.311 e. The van der Waals surface area contributed by atoms with Crippen molar-refractivity contribution < 1.29 is 13.2 Å². The Kier molecular flexibility index (Phi) is 5.85. The van der Waals surface area contributed by atoms with Gasteiger partial charge in [0, 0.05) is 33.3 Å². The summed E-state index contributed by atoms with van der Waals surface area (Å²) < 4.78 is 29.7. The van der Waals surface area contributed by atoms with E-state index in [0.717, 1.165) is 10.1 Å². The molecule has 0 aliphatic heterocycles. The Balaban J connectivity index is 1.73. The van der Waals surface area contributed by atoms with E-state index < -0.39 is 27.2 Å². The predicted octanol–water partition coefficient (Wildman–Crippen LogP) is 0.248. The summed E-state index contributed by atoms with van der Waals surface area (Å²) in [6.45, 7) is 1.74. The molecule has 0 unspecified atom stereocenters. The Morgan fingerprint density at radius 3 is 2.50 bits per heavy atom. The first-order valence-electron chi connectivity index (χ1n) is 9.02. The Labute approximate surface area is 172 Å². The first-order valence-corrected chi connectivity index (χ1v) is 10.5. The molecule has 11 heteroatoms. The lowest BCUT2D eigenvalue weighted by atomic mass is 10.2. The molecule has 158 valence electrons. The molecule has 0 bridgehead atoms. The number of anilines is 1. The van der Waals surface area contributed by atoms with Crippen molar-refractivity contribution in [2.45, 2.75) is 18.2 Å². The zero-order valence-electron chi connectivity index (χ0n) is 16.7. The quantitative estimate of drug-likeness (QED) is 0.575. The van der Waals surface area contributed by atoms with Crippen LogP contribution in [0.1, 0.15) is 12.0 Å². The van der Waals surface area contributed by atoms with Crippen molar-refractivity contribution in [3.63, 3.8) is 0 Å². The van der Waals surface area contributed by atoms with Crippen molar-refractivity contribution >= 4 is 32.7 Å². The number of nitrogens with zero attached hydrogens (tertiary/aromatic N) is 3. The highest BCUT2D eigenvalue weighted by Crippen LogP contribution is 2.15. The molecule has 3 rings (SSSR count). The van der Waals surface area contributed by atoms with Crippen molar-refractivity contribution in [1.82, 2.24) is 18.8 Å². The highest BCUT2D eigenvalue weighted by molar-refractivity contribution is 7.89. The molecule has 0 spiro atoms. The molecule has 0 saturated heterocycles. The molecule has 2 aromatic heterocycles. The van der Waals surface area contributed by atoms with Gasteiger partial charge < -0.3 is 5.32 Å². The molecule has 30 heavy (non-hydrogen) atoms. The third-order valence-corrected chi connectivity index (χ3v) is 6.03. The van der Waals surface area contributed by atoms with Crippen molar-refractivity contribution in [1.29, 1.82) is 0 Å². The summed E-state index contributed by atoms with van der Waals surface area (Å²) >= 11 is 0. The standard InChI is InChI=1S/C19H21N5O5S/c1-12-4-7-16(20-11-12)22-17(25)8-9-21-30(28,29)13-5-6-15-14(10-13)18(26)24(3)19(27)23(15)2/h4-7,10-11,21H,8-9H2,1-3H3,(H,20,22,25). The van der Waals surface area contributed by atoms with Crippen LogP contribution < -0.4 is 21.3 Å². The smallest absolute Gasteiger partial charge is 0.311 e. The SMILES string of the molecule is Cc1ccc(NC(=O)CCNS(=O)(=O)c2ccc3c(c2)c(=O)n(C)c(=O)n3C)nc1. The predicted molar refractivity (Wildman–Crippen MR) is 112 cm³/mol. The molecule has 0 saturated carbocycles. The number of sulfonamides is 1. The van der Waals surface area contributed by atoms with E-state index in [1.54, 1.807) is 18.3 Å². The number of carbonyl (C=O) groups excluding carboxylic acids is 1. The monoisotopic (exact) mass is 431 g/mol. The molecule has 0 aliphatic rings. The van der Waals surface area contributed by atoms with Crippen molar-refractivity contribution in [2.75, 3.05) is 11.9 Å². The lowest BCUT2D eigenvalue weighted by Gasteiger charge is -2.10. The number of aryl methyl sites for hydroxylation is 2. The number of nitrogens with one attached hydrogen (secondary N) is 2. The number of rotatable bonds is 6. The highest BCUT2D eigenvalue weighted by Gasteiger charge is 2.17. The van der Waals surface area contributed by atoms with Gasteiger partial charge >= 0.3 is 5.69 Å². The second-order valence-electron chi connectivity index (χ2n) is 6.80. The summed E-state index contributed by atoms with van der Waals surface area (Å²) in [5.74, 6) is -0.0131. The van der Waals surface area contributed by atoms with Gasteiger partial charge in [-0.1, -0.05) is 6.07 Å². The molecule has 0 fully saturated rings. The van der Waals surface area contributed by atoms with Gasteiger partial charge in [-0.15, -0.1) is 0 Å². The number of pyridine rings is 1. The summed E-state index contributed by atoms with van der Waals surface area (Å²) in [5, 5.41) is 2.69. The van der Waals surface area contributed by atoms with E-state index in [1.165, 1.54) is 36.9 Å². The average molecular weight is 431 g/mol. The Bertz CT molecular complexity index is 1340. The minimum atomic E-state index is -3.96. The van der Waals surface area contributed by atoms with E-state index in [9.17, 15) is 22.8 Å². The Hall–Kier alpha value is -3.31. The van der Waals surface area contributed by atoms with Crippen molar-refractivity contribution in [3.8, 4) is 0 Å². The van der Waals surface area contributed by atoms with Crippen LogP contribution in [0.15, 0.2) is 51.0 Å². The molecule has 0 atom stereocenters. The topological polar surface area (TPSA) is 132 Å². The second-order valence-corrected chi connectivity index (χ2v) is 8.57. The fraction of sp³-hybridized carbons (Fsp3) is 0.263. The molecule has 0 radical (unpaired) electrons. The Morgan fingerprint density at radius 2 is 1.83 bits per heavy atom. The molecule has 2 N–H and O–H groups in total. The number of hydrogen-bond donors (Lipinski definition) is 2. The van der Waals surface area contributed by atoms with Gasteiger partial charge in [-0.05, 0) is 36.8 Å². The summed E-state index contributed by atoms with van der Waals surface area (Å²) in [6.07, 6.45) is 1.51. The number of aromatic nitrogens is 3. The fourth-order valence-electron chi connectivity index (χ4n) is 2.87. The van der Waals surface area contributed by atoms with E-state index in [4.69, 9.17) is 0 Å². The van der Waals surface area contributed by atoms with Gasteiger partial charge in [0.25, 0.3) is 5.56 Å². The number of benzene rings is 1. The van der Waals surface area contributed by atoms with Crippen LogP contribution in [-0.2, 0) is 28.9 Å². The zero-order valence-corrected chi connectivity index (χ0v) is 17.5. The summed E-state index contributed by atoms with van der Waals surface area (Å²) in [6, 6.07) is 7.38. The molecular weight excluding hydrogens is 410 g/mol. The van der Waals surface area contributed by atoms with Crippen LogP contribution in [0.25, 0.3) is 10.9 Å². The third kappa shape index (κ3) is 4.31. The van der Waals surface area contributed by atoms with Gasteiger partial charge in [0.2, 0.25) is 15.9 Å². The molecule has 10 nitrogen and oxygen atoms in total. The van der Waals surface area contributed by atoms with Crippen LogP contribution in [-0.4, -0.2) is 35.0 Å². The fourth-order valence-corrected chi connectivity index (χ4v) is 3.93. The van der Waals surface area contributed by atoms with E-state index in [2.05, 4.69) is 15.0 Å². The van der Waals surface area contributed by atoms with Gasteiger partial charge in [-0.25, -0.2) is 22.9 Å². The molecule has 1 aromatic carbocycles. The maximum Gasteiger partial charge on any atom is 0.330 e. The highest BCUT2D eigenvalue weighted by atomic mass is 32.2.